The molecule has 0 radical (unpaired) electrons. The van der Waals surface area contributed by atoms with Crippen LogP contribution in [0, 0.1) is 0 Å². The van der Waals surface area contributed by atoms with Gasteiger partial charge in [0.15, 0.2) is 0 Å². The van der Waals surface area contributed by atoms with Crippen LogP contribution in [0.4, 0.5) is 0 Å². The zero-order valence-corrected chi connectivity index (χ0v) is 12.6. The molecule has 17 heavy (non-hydrogen) atoms. The predicted molar refractivity (Wildman–Crippen MR) is 73.5 cm³/mol. The monoisotopic (exact) mass is 339 g/mol. The van der Waals surface area contributed by atoms with Gasteiger partial charge in [0, 0.05) is 38.3 Å². The number of carbonyl (C=O) groups is 1. The van der Waals surface area contributed by atoms with Crippen LogP contribution in [0.25, 0.3) is 0 Å². The van der Waals surface area contributed by atoms with E-state index in [2.05, 4.69) is 15.9 Å². The van der Waals surface area contributed by atoms with E-state index in [4.69, 9.17) is 5.11 Å². The van der Waals surface area contributed by atoms with Gasteiger partial charge < -0.3 is 10.0 Å². The number of hydrogen-bond donors (Lipinski definition) is 1. The molecule has 1 unspecified atom stereocenters. The summed E-state index contributed by atoms with van der Waals surface area (Å²) in [6.07, 6.45) is 0. The standard InChI is InChI=1S/C10H14BrNO3S2/c1-12(5-9-4-8(11)6-16-9)10(14)7-17(15)3-2-13/h4,6,13H,2-3,5,7H2,1H3. The van der Waals surface area contributed by atoms with Crippen LogP contribution in [-0.2, 0) is 22.1 Å². The first-order valence-corrected chi connectivity index (χ1v) is 8.11. The van der Waals surface area contributed by atoms with Crippen molar-refractivity contribution in [3.05, 3.63) is 20.8 Å². The van der Waals surface area contributed by atoms with Gasteiger partial charge in [-0.25, -0.2) is 0 Å². The third-order valence-corrected chi connectivity index (χ3v) is 4.93. The second-order valence-electron chi connectivity index (χ2n) is 3.49. The number of thiophene rings is 1. The fourth-order valence-electron chi connectivity index (χ4n) is 1.18. The van der Waals surface area contributed by atoms with Gasteiger partial charge in [0.25, 0.3) is 0 Å². The number of amides is 1. The number of rotatable bonds is 6. The van der Waals surface area contributed by atoms with Crippen molar-refractivity contribution < 1.29 is 14.1 Å². The summed E-state index contributed by atoms with van der Waals surface area (Å²) in [7, 11) is 0.416. The molecule has 0 saturated carbocycles. The van der Waals surface area contributed by atoms with Crippen molar-refractivity contribution >= 4 is 44.0 Å². The highest BCUT2D eigenvalue weighted by atomic mass is 79.9. The minimum Gasteiger partial charge on any atom is -0.395 e. The zero-order chi connectivity index (χ0) is 12.8. The molecule has 1 aromatic rings. The van der Waals surface area contributed by atoms with Gasteiger partial charge in [-0.3, -0.25) is 9.00 Å². The molecule has 1 heterocycles. The number of aliphatic hydroxyl groups excluding tert-OH is 1. The second-order valence-corrected chi connectivity index (χ2v) is 6.98. The quantitative estimate of drug-likeness (QED) is 0.847. The van der Waals surface area contributed by atoms with Crippen molar-refractivity contribution in [3.8, 4) is 0 Å². The van der Waals surface area contributed by atoms with Crippen molar-refractivity contribution in [2.45, 2.75) is 6.54 Å². The largest absolute Gasteiger partial charge is 0.395 e. The van der Waals surface area contributed by atoms with E-state index in [1.165, 1.54) is 0 Å². The Balaban J connectivity index is 2.44. The highest BCUT2D eigenvalue weighted by molar-refractivity contribution is 9.10. The van der Waals surface area contributed by atoms with Crippen LogP contribution in [0.2, 0.25) is 0 Å². The topological polar surface area (TPSA) is 57.6 Å². The van der Waals surface area contributed by atoms with Crippen molar-refractivity contribution in [1.29, 1.82) is 0 Å². The van der Waals surface area contributed by atoms with Crippen LogP contribution in [0.15, 0.2) is 15.9 Å². The van der Waals surface area contributed by atoms with Gasteiger partial charge in [0.05, 0.1) is 13.2 Å². The molecule has 96 valence electrons. The molecule has 4 nitrogen and oxygen atoms in total. The Hall–Kier alpha value is -0.240. The Bertz CT molecular complexity index is 408. The molecule has 0 aliphatic carbocycles. The van der Waals surface area contributed by atoms with Gasteiger partial charge in [-0.1, -0.05) is 0 Å². The summed E-state index contributed by atoms with van der Waals surface area (Å²) in [5.74, 6) is -0.0328. The Labute approximate surface area is 115 Å². The lowest BCUT2D eigenvalue weighted by molar-refractivity contribution is -0.127. The SMILES string of the molecule is CN(Cc1cc(Br)cs1)C(=O)CS(=O)CCO. The van der Waals surface area contributed by atoms with Gasteiger partial charge in [-0.15, -0.1) is 11.3 Å². The number of carbonyl (C=O) groups excluding carboxylic acids is 1. The average molecular weight is 340 g/mol. The van der Waals surface area contributed by atoms with Crippen LogP contribution in [0.3, 0.4) is 0 Å². The fraction of sp³-hybridized carbons (Fsp3) is 0.500. The van der Waals surface area contributed by atoms with E-state index in [0.29, 0.717) is 6.54 Å². The summed E-state index contributed by atoms with van der Waals surface area (Å²) in [5, 5.41) is 10.6. The van der Waals surface area contributed by atoms with Crippen molar-refractivity contribution in [3.63, 3.8) is 0 Å². The number of halogens is 1. The van der Waals surface area contributed by atoms with Crippen LogP contribution in [-0.4, -0.2) is 45.3 Å². The first-order valence-electron chi connectivity index (χ1n) is 4.95. The molecule has 0 fully saturated rings. The maximum Gasteiger partial charge on any atom is 0.235 e. The third-order valence-electron chi connectivity index (χ3n) is 2.04. The van der Waals surface area contributed by atoms with Gasteiger partial charge in [0.1, 0.15) is 5.75 Å². The number of nitrogens with zero attached hydrogens (tertiary/aromatic N) is 1. The molecular formula is C10H14BrNO3S2. The van der Waals surface area contributed by atoms with Crippen LogP contribution in [0.5, 0.6) is 0 Å². The van der Waals surface area contributed by atoms with E-state index in [-0.39, 0.29) is 24.0 Å². The Morgan fingerprint density at radius 1 is 1.65 bits per heavy atom. The van der Waals surface area contributed by atoms with E-state index in [0.717, 1.165) is 9.35 Å². The van der Waals surface area contributed by atoms with Crippen LogP contribution in [0.1, 0.15) is 4.88 Å². The van der Waals surface area contributed by atoms with Crippen LogP contribution < -0.4 is 0 Å². The number of hydrogen-bond acceptors (Lipinski definition) is 4. The van der Waals surface area contributed by atoms with E-state index in [1.54, 1.807) is 23.3 Å². The maximum atomic E-state index is 11.7. The fourth-order valence-corrected chi connectivity index (χ4v) is 3.53. The highest BCUT2D eigenvalue weighted by Crippen LogP contribution is 2.20. The summed E-state index contributed by atoms with van der Waals surface area (Å²) in [5.41, 5.74) is 0. The smallest absolute Gasteiger partial charge is 0.235 e. The van der Waals surface area contributed by atoms with E-state index >= 15 is 0 Å². The average Bonchev–Trinajstić information content (AvgIpc) is 2.64. The molecule has 0 aliphatic rings. The Morgan fingerprint density at radius 2 is 2.35 bits per heavy atom. The van der Waals surface area contributed by atoms with Crippen molar-refractivity contribution in [2.24, 2.45) is 0 Å². The molecule has 1 N–H and O–H groups in total. The van der Waals surface area contributed by atoms with E-state index < -0.39 is 10.8 Å². The second kappa shape index (κ2) is 7.25. The molecule has 1 aromatic heterocycles. The Morgan fingerprint density at radius 3 is 2.88 bits per heavy atom. The number of aliphatic hydroxyl groups is 1. The summed E-state index contributed by atoms with van der Waals surface area (Å²) in [4.78, 5) is 14.3. The van der Waals surface area contributed by atoms with Crippen molar-refractivity contribution in [2.75, 3.05) is 25.2 Å². The molecule has 7 heteroatoms. The molecule has 0 saturated heterocycles. The van der Waals surface area contributed by atoms with Crippen molar-refractivity contribution in [1.82, 2.24) is 4.90 Å². The molecule has 0 aliphatic heterocycles. The van der Waals surface area contributed by atoms with Gasteiger partial charge >= 0.3 is 0 Å². The minimum absolute atomic E-state index is 0.0242. The summed E-state index contributed by atoms with van der Waals surface area (Å²) >= 11 is 4.92. The zero-order valence-electron chi connectivity index (χ0n) is 9.39. The third kappa shape index (κ3) is 5.29. The lowest BCUT2D eigenvalue weighted by atomic mass is 10.4. The van der Waals surface area contributed by atoms with E-state index in [9.17, 15) is 9.00 Å². The summed E-state index contributed by atoms with van der Waals surface area (Å²) in [6.45, 7) is 0.368. The molecule has 1 rings (SSSR count). The van der Waals surface area contributed by atoms with Gasteiger partial charge in [-0.2, -0.15) is 0 Å². The minimum atomic E-state index is -1.27. The first kappa shape index (κ1) is 14.8. The summed E-state index contributed by atoms with van der Waals surface area (Å²) < 4.78 is 12.3. The highest BCUT2D eigenvalue weighted by Gasteiger charge is 2.13. The lowest BCUT2D eigenvalue weighted by Gasteiger charge is -2.15. The Kier molecular flexibility index (Phi) is 6.32. The molecule has 1 amide bonds. The molecule has 0 spiro atoms. The molecular weight excluding hydrogens is 326 g/mol. The lowest BCUT2D eigenvalue weighted by Crippen LogP contribution is -2.31. The first-order chi connectivity index (χ1) is 8.02. The summed E-state index contributed by atoms with van der Waals surface area (Å²) in [6, 6.07) is 1.96. The molecule has 0 aromatic carbocycles. The van der Waals surface area contributed by atoms with Gasteiger partial charge in [0.2, 0.25) is 5.91 Å². The van der Waals surface area contributed by atoms with E-state index in [1.807, 2.05) is 11.4 Å². The maximum absolute atomic E-state index is 11.7. The predicted octanol–water partition coefficient (Wildman–Crippen LogP) is 1.21. The molecule has 0 bridgehead atoms. The normalized spacial score (nSPS) is 12.4. The van der Waals surface area contributed by atoms with Crippen LogP contribution >= 0.6 is 27.3 Å². The van der Waals surface area contributed by atoms with Gasteiger partial charge in [-0.05, 0) is 22.0 Å². The molecule has 1 atom stereocenters.